The molecule has 1 heterocycles. The summed E-state index contributed by atoms with van der Waals surface area (Å²) in [7, 11) is 0. The summed E-state index contributed by atoms with van der Waals surface area (Å²) in [6.45, 7) is 9.78. The maximum atomic E-state index is 5.65. The van der Waals surface area contributed by atoms with Crippen LogP contribution in [0.1, 0.15) is 45.6 Å². The lowest BCUT2D eigenvalue weighted by Gasteiger charge is -2.46. The Morgan fingerprint density at radius 3 is 2.35 bits per heavy atom. The zero-order valence-corrected chi connectivity index (χ0v) is 13.2. The largest absolute Gasteiger partial charge is 0.381 e. The summed E-state index contributed by atoms with van der Waals surface area (Å²) in [5.41, 5.74) is 1.70. The molecule has 0 saturated carbocycles. The zero-order chi connectivity index (χ0) is 14.4. The summed E-state index contributed by atoms with van der Waals surface area (Å²) in [4.78, 5) is 0. The molecule has 2 heteroatoms. The maximum absolute atomic E-state index is 5.65. The average molecular weight is 275 g/mol. The van der Waals surface area contributed by atoms with Crippen LogP contribution in [0.3, 0.4) is 0 Å². The van der Waals surface area contributed by atoms with Crippen molar-refractivity contribution >= 4 is 0 Å². The summed E-state index contributed by atoms with van der Waals surface area (Å²) in [6.07, 6.45) is 3.43. The molecule has 2 rings (SSSR count). The second-order valence-electron chi connectivity index (χ2n) is 6.31. The fourth-order valence-corrected chi connectivity index (χ4v) is 3.65. The molecule has 2 nitrogen and oxygen atoms in total. The molecule has 0 radical (unpaired) electrons. The monoisotopic (exact) mass is 275 g/mol. The Hall–Kier alpha value is -0.860. The van der Waals surface area contributed by atoms with Crippen LogP contribution in [0.25, 0.3) is 0 Å². The minimum Gasteiger partial charge on any atom is -0.381 e. The van der Waals surface area contributed by atoms with Gasteiger partial charge in [0.2, 0.25) is 0 Å². The molecule has 20 heavy (non-hydrogen) atoms. The van der Waals surface area contributed by atoms with E-state index in [4.69, 9.17) is 4.74 Å². The van der Waals surface area contributed by atoms with Crippen molar-refractivity contribution in [2.45, 2.75) is 51.5 Å². The van der Waals surface area contributed by atoms with Gasteiger partial charge in [-0.3, -0.25) is 0 Å². The summed E-state index contributed by atoms with van der Waals surface area (Å²) in [6, 6.07) is 11.6. The summed E-state index contributed by atoms with van der Waals surface area (Å²) >= 11 is 0. The fourth-order valence-electron chi connectivity index (χ4n) is 3.65. The number of hydrogen-bond donors (Lipinski definition) is 1. The molecule has 0 aliphatic carbocycles. The zero-order valence-electron chi connectivity index (χ0n) is 13.2. The van der Waals surface area contributed by atoms with Gasteiger partial charge in [-0.05, 0) is 37.3 Å². The molecule has 0 spiro atoms. The summed E-state index contributed by atoms with van der Waals surface area (Å²) in [5.74, 6) is 0.625. The number of nitrogens with one attached hydrogen (secondary N) is 1. The van der Waals surface area contributed by atoms with E-state index in [-0.39, 0.29) is 5.41 Å². The topological polar surface area (TPSA) is 21.3 Å². The van der Waals surface area contributed by atoms with E-state index in [0.29, 0.717) is 12.0 Å². The van der Waals surface area contributed by atoms with Crippen molar-refractivity contribution < 1.29 is 4.74 Å². The van der Waals surface area contributed by atoms with Crippen LogP contribution in [0, 0.1) is 5.92 Å². The van der Waals surface area contributed by atoms with Crippen molar-refractivity contribution in [1.29, 1.82) is 0 Å². The van der Waals surface area contributed by atoms with Gasteiger partial charge in [0.15, 0.2) is 0 Å². The Kier molecular flexibility index (Phi) is 5.62. The van der Waals surface area contributed by atoms with E-state index in [1.54, 1.807) is 0 Å². The maximum Gasteiger partial charge on any atom is 0.0475 e. The molecule has 112 valence electrons. The van der Waals surface area contributed by atoms with Crippen molar-refractivity contribution in [2.75, 3.05) is 19.8 Å². The molecule has 0 bridgehead atoms. The molecule has 1 saturated heterocycles. The summed E-state index contributed by atoms with van der Waals surface area (Å²) < 4.78 is 5.65. The molecule has 1 aliphatic rings. The van der Waals surface area contributed by atoms with Gasteiger partial charge < -0.3 is 10.1 Å². The highest BCUT2D eigenvalue weighted by Crippen LogP contribution is 2.40. The van der Waals surface area contributed by atoms with E-state index in [2.05, 4.69) is 56.4 Å². The highest BCUT2D eigenvalue weighted by Gasteiger charge is 2.42. The third-order valence-corrected chi connectivity index (χ3v) is 4.61. The van der Waals surface area contributed by atoms with Crippen molar-refractivity contribution in [1.82, 2.24) is 5.32 Å². The number of benzene rings is 1. The first-order valence-electron chi connectivity index (χ1n) is 8.07. The van der Waals surface area contributed by atoms with Gasteiger partial charge in [-0.15, -0.1) is 0 Å². The van der Waals surface area contributed by atoms with Crippen molar-refractivity contribution in [2.24, 2.45) is 5.92 Å². The minimum atomic E-state index is 0.225. The Balaban J connectivity index is 2.34. The molecule has 1 unspecified atom stereocenters. The SMILES string of the molecule is CCCNC(C(C)C)C1(c2ccccc2)CCOCC1. The van der Waals surface area contributed by atoms with E-state index in [1.165, 1.54) is 12.0 Å². The van der Waals surface area contributed by atoms with E-state index in [1.807, 2.05) is 0 Å². The van der Waals surface area contributed by atoms with Gasteiger partial charge in [-0.25, -0.2) is 0 Å². The summed E-state index contributed by atoms with van der Waals surface area (Å²) in [5, 5.41) is 3.82. The molecule has 1 aliphatic heterocycles. The minimum absolute atomic E-state index is 0.225. The van der Waals surface area contributed by atoms with Gasteiger partial charge in [0.1, 0.15) is 0 Å². The van der Waals surface area contributed by atoms with Gasteiger partial charge in [0, 0.05) is 24.7 Å². The third-order valence-electron chi connectivity index (χ3n) is 4.61. The molecule has 1 aromatic rings. The quantitative estimate of drug-likeness (QED) is 0.853. The third kappa shape index (κ3) is 3.24. The lowest BCUT2D eigenvalue weighted by atomic mass is 9.65. The van der Waals surface area contributed by atoms with Gasteiger partial charge in [-0.2, -0.15) is 0 Å². The van der Waals surface area contributed by atoms with Crippen LogP contribution in [0.5, 0.6) is 0 Å². The lowest BCUT2D eigenvalue weighted by molar-refractivity contribution is 0.0265. The predicted molar refractivity (Wildman–Crippen MR) is 85.1 cm³/mol. The van der Waals surface area contributed by atoms with Crippen molar-refractivity contribution in [3.8, 4) is 0 Å². The number of rotatable bonds is 6. The normalized spacial score (nSPS) is 20.0. The lowest BCUT2D eigenvalue weighted by Crippen LogP contribution is -2.54. The van der Waals surface area contributed by atoms with Gasteiger partial charge in [0.05, 0.1) is 0 Å². The molecule has 1 atom stereocenters. The molecular formula is C18H29NO. The van der Waals surface area contributed by atoms with Gasteiger partial charge >= 0.3 is 0 Å². The second kappa shape index (κ2) is 7.24. The van der Waals surface area contributed by atoms with Crippen LogP contribution in [0.4, 0.5) is 0 Å². The molecular weight excluding hydrogens is 246 g/mol. The molecule has 0 amide bonds. The first-order chi connectivity index (χ1) is 9.70. The van der Waals surface area contributed by atoms with E-state index in [9.17, 15) is 0 Å². The van der Waals surface area contributed by atoms with Crippen molar-refractivity contribution in [3.63, 3.8) is 0 Å². The van der Waals surface area contributed by atoms with Crippen LogP contribution in [0.15, 0.2) is 30.3 Å². The Morgan fingerprint density at radius 2 is 1.80 bits per heavy atom. The molecule has 1 aromatic carbocycles. The first-order valence-corrected chi connectivity index (χ1v) is 8.07. The van der Waals surface area contributed by atoms with Crippen molar-refractivity contribution in [3.05, 3.63) is 35.9 Å². The molecule has 1 N–H and O–H groups in total. The van der Waals surface area contributed by atoms with Crippen LogP contribution in [-0.2, 0) is 10.2 Å². The Morgan fingerprint density at radius 1 is 1.15 bits per heavy atom. The molecule has 0 aromatic heterocycles. The highest BCUT2D eigenvalue weighted by molar-refractivity contribution is 5.29. The standard InChI is InChI=1S/C18H29NO/c1-4-12-19-17(15(2)3)18(10-13-20-14-11-18)16-8-6-5-7-9-16/h5-9,15,17,19H,4,10-14H2,1-3H3. The smallest absolute Gasteiger partial charge is 0.0475 e. The van der Waals surface area contributed by atoms with E-state index >= 15 is 0 Å². The van der Waals surface area contributed by atoms with E-state index in [0.717, 1.165) is 32.6 Å². The Bertz CT molecular complexity index is 382. The predicted octanol–water partition coefficient (Wildman–Crippen LogP) is 3.76. The molecule has 1 fully saturated rings. The average Bonchev–Trinajstić information content (AvgIpc) is 2.49. The van der Waals surface area contributed by atoms with Crippen LogP contribution in [-0.4, -0.2) is 25.8 Å². The highest BCUT2D eigenvalue weighted by atomic mass is 16.5. The first kappa shape index (κ1) is 15.5. The number of hydrogen-bond acceptors (Lipinski definition) is 2. The van der Waals surface area contributed by atoms with Crippen LogP contribution < -0.4 is 5.32 Å². The number of ether oxygens (including phenoxy) is 1. The van der Waals surface area contributed by atoms with Crippen LogP contribution >= 0.6 is 0 Å². The van der Waals surface area contributed by atoms with Crippen LogP contribution in [0.2, 0.25) is 0 Å². The van der Waals surface area contributed by atoms with Gasteiger partial charge in [0.25, 0.3) is 0 Å². The fraction of sp³-hybridized carbons (Fsp3) is 0.667. The Labute approximate surface area is 123 Å². The van der Waals surface area contributed by atoms with Gasteiger partial charge in [-0.1, -0.05) is 51.1 Å². The van der Waals surface area contributed by atoms with E-state index < -0.39 is 0 Å². The second-order valence-corrected chi connectivity index (χ2v) is 6.31.